The maximum absolute atomic E-state index is 12.1. The summed E-state index contributed by atoms with van der Waals surface area (Å²) in [7, 11) is 0. The fourth-order valence-electron chi connectivity index (χ4n) is 2.32. The molecule has 1 fully saturated rings. The van der Waals surface area contributed by atoms with Crippen LogP contribution >= 0.6 is 11.8 Å². The van der Waals surface area contributed by atoms with E-state index in [2.05, 4.69) is 38.9 Å². The van der Waals surface area contributed by atoms with Crippen LogP contribution < -0.4 is 5.32 Å². The predicted octanol–water partition coefficient (Wildman–Crippen LogP) is 2.93. The molecule has 1 unspecified atom stereocenters. The van der Waals surface area contributed by atoms with Crippen molar-refractivity contribution in [1.82, 2.24) is 25.1 Å². The number of aromatic nitrogens is 4. The second-order valence-electron chi connectivity index (χ2n) is 6.54. The maximum atomic E-state index is 12.1. The number of nitrogens with zero attached hydrogens (tertiary/aromatic N) is 4. The molecule has 1 saturated carbocycles. The minimum Gasteiger partial charge on any atom is -0.353 e. The van der Waals surface area contributed by atoms with E-state index in [-0.39, 0.29) is 11.9 Å². The topological polar surface area (TPSA) is 72.7 Å². The lowest BCUT2D eigenvalue weighted by atomic mass is 10.1. The number of carbonyl (C=O) groups is 1. The largest absolute Gasteiger partial charge is 0.353 e. The number of carbonyl (C=O) groups excluding carboxylic acids is 1. The van der Waals surface area contributed by atoms with E-state index in [1.54, 1.807) is 12.4 Å². The van der Waals surface area contributed by atoms with Gasteiger partial charge in [-0.05, 0) is 37.8 Å². The van der Waals surface area contributed by atoms with Crippen molar-refractivity contribution in [3.8, 4) is 11.4 Å². The summed E-state index contributed by atoms with van der Waals surface area (Å²) in [5.74, 6) is 1.65. The Bertz CT molecular complexity index is 696. The van der Waals surface area contributed by atoms with Gasteiger partial charge in [0.05, 0.1) is 5.75 Å². The summed E-state index contributed by atoms with van der Waals surface area (Å²) in [6.45, 7) is 6.23. The molecule has 1 amide bonds. The van der Waals surface area contributed by atoms with Gasteiger partial charge in [-0.3, -0.25) is 14.3 Å². The molecule has 2 aromatic rings. The fourth-order valence-corrected chi connectivity index (χ4v) is 3.14. The molecule has 1 atom stereocenters. The molecule has 0 spiro atoms. The number of thioether (sulfide) groups is 1. The SMILES string of the molecule is CC(C)C(C)NC(=O)CSc1nnc(-c2cccnc2)n1C1CC1. The van der Waals surface area contributed by atoms with Crippen LogP contribution in [-0.2, 0) is 4.79 Å². The number of nitrogens with one attached hydrogen (secondary N) is 1. The van der Waals surface area contributed by atoms with Gasteiger partial charge in [-0.1, -0.05) is 25.6 Å². The molecule has 0 bridgehead atoms. The molecule has 128 valence electrons. The molecule has 7 heteroatoms. The highest BCUT2D eigenvalue weighted by atomic mass is 32.2. The standard InChI is InChI=1S/C17H23N5OS/c1-11(2)12(3)19-15(23)10-24-17-21-20-16(22(17)14-6-7-14)13-5-4-8-18-9-13/h4-5,8-9,11-12,14H,6-7,10H2,1-3H3,(H,19,23). The molecular weight excluding hydrogens is 322 g/mol. The minimum atomic E-state index is 0.0366. The maximum Gasteiger partial charge on any atom is 0.230 e. The van der Waals surface area contributed by atoms with Crippen LogP contribution in [0.3, 0.4) is 0 Å². The first-order valence-corrected chi connectivity index (χ1v) is 9.32. The first kappa shape index (κ1) is 17.0. The number of hydrogen-bond acceptors (Lipinski definition) is 5. The van der Waals surface area contributed by atoms with Gasteiger partial charge in [0.25, 0.3) is 0 Å². The van der Waals surface area contributed by atoms with E-state index < -0.39 is 0 Å². The average molecular weight is 345 g/mol. The zero-order chi connectivity index (χ0) is 17.1. The Morgan fingerprint density at radius 1 is 1.38 bits per heavy atom. The van der Waals surface area contributed by atoms with E-state index >= 15 is 0 Å². The molecule has 1 aliphatic rings. The van der Waals surface area contributed by atoms with Crippen LogP contribution in [0.15, 0.2) is 29.7 Å². The third kappa shape index (κ3) is 3.95. The summed E-state index contributed by atoms with van der Waals surface area (Å²) in [4.78, 5) is 16.3. The van der Waals surface area contributed by atoms with Crippen molar-refractivity contribution < 1.29 is 4.79 Å². The Morgan fingerprint density at radius 2 is 2.17 bits per heavy atom. The lowest BCUT2D eigenvalue weighted by Crippen LogP contribution is -2.37. The van der Waals surface area contributed by atoms with Crippen LogP contribution in [-0.4, -0.2) is 37.5 Å². The lowest BCUT2D eigenvalue weighted by Gasteiger charge is -2.17. The van der Waals surface area contributed by atoms with Crippen LogP contribution in [0, 0.1) is 5.92 Å². The summed E-state index contributed by atoms with van der Waals surface area (Å²) in [5, 5.41) is 12.5. The third-order valence-electron chi connectivity index (χ3n) is 4.22. The Balaban J connectivity index is 1.70. The highest BCUT2D eigenvalue weighted by Gasteiger charge is 2.30. The predicted molar refractivity (Wildman–Crippen MR) is 94.7 cm³/mol. The number of pyridine rings is 1. The highest BCUT2D eigenvalue weighted by Crippen LogP contribution is 2.40. The van der Waals surface area contributed by atoms with Crippen molar-refractivity contribution in [2.75, 3.05) is 5.75 Å². The molecule has 0 saturated heterocycles. The summed E-state index contributed by atoms with van der Waals surface area (Å²) in [5.41, 5.74) is 0.960. The van der Waals surface area contributed by atoms with Crippen molar-refractivity contribution in [3.63, 3.8) is 0 Å². The van der Waals surface area contributed by atoms with Crippen molar-refractivity contribution >= 4 is 17.7 Å². The van der Waals surface area contributed by atoms with Crippen molar-refractivity contribution in [3.05, 3.63) is 24.5 Å². The summed E-state index contributed by atoms with van der Waals surface area (Å²) in [6.07, 6.45) is 5.82. The third-order valence-corrected chi connectivity index (χ3v) is 5.16. The van der Waals surface area contributed by atoms with E-state index in [0.29, 0.717) is 17.7 Å². The van der Waals surface area contributed by atoms with Gasteiger partial charge in [-0.2, -0.15) is 0 Å². The summed E-state index contributed by atoms with van der Waals surface area (Å²) >= 11 is 1.45. The zero-order valence-corrected chi connectivity index (χ0v) is 15.1. The van der Waals surface area contributed by atoms with Crippen LogP contribution in [0.5, 0.6) is 0 Å². The first-order valence-electron chi connectivity index (χ1n) is 8.33. The quantitative estimate of drug-likeness (QED) is 0.781. The van der Waals surface area contributed by atoms with Gasteiger partial charge in [0, 0.05) is 30.0 Å². The second-order valence-corrected chi connectivity index (χ2v) is 7.48. The van der Waals surface area contributed by atoms with Crippen LogP contribution in [0.2, 0.25) is 0 Å². The molecule has 2 aromatic heterocycles. The van der Waals surface area contributed by atoms with Crippen LogP contribution in [0.1, 0.15) is 39.7 Å². The molecule has 1 N–H and O–H groups in total. The summed E-state index contributed by atoms with van der Waals surface area (Å²) in [6, 6.07) is 4.50. The van der Waals surface area contributed by atoms with Gasteiger partial charge >= 0.3 is 0 Å². The Morgan fingerprint density at radius 3 is 2.79 bits per heavy atom. The Labute approximate surface area is 146 Å². The van der Waals surface area contributed by atoms with Gasteiger partial charge in [0.15, 0.2) is 11.0 Å². The van der Waals surface area contributed by atoms with Gasteiger partial charge < -0.3 is 5.32 Å². The van der Waals surface area contributed by atoms with Gasteiger partial charge in [0.2, 0.25) is 5.91 Å². The average Bonchev–Trinajstić information content (AvgIpc) is 3.33. The number of amides is 1. The van der Waals surface area contributed by atoms with Crippen molar-refractivity contribution in [2.24, 2.45) is 5.92 Å². The first-order chi connectivity index (χ1) is 11.6. The molecule has 1 aliphatic carbocycles. The second kappa shape index (κ2) is 7.34. The zero-order valence-electron chi connectivity index (χ0n) is 14.3. The van der Waals surface area contributed by atoms with E-state index in [1.165, 1.54) is 11.8 Å². The Kier molecular flexibility index (Phi) is 5.18. The van der Waals surface area contributed by atoms with E-state index in [9.17, 15) is 4.79 Å². The highest BCUT2D eigenvalue weighted by molar-refractivity contribution is 7.99. The van der Waals surface area contributed by atoms with E-state index in [0.717, 1.165) is 29.4 Å². The van der Waals surface area contributed by atoms with Gasteiger partial charge in [-0.15, -0.1) is 10.2 Å². The Hall–Kier alpha value is -1.89. The molecule has 0 radical (unpaired) electrons. The molecule has 0 aliphatic heterocycles. The molecule has 2 heterocycles. The molecule has 24 heavy (non-hydrogen) atoms. The smallest absolute Gasteiger partial charge is 0.230 e. The minimum absolute atomic E-state index is 0.0366. The normalized spacial score (nSPS) is 15.5. The monoisotopic (exact) mass is 345 g/mol. The molecule has 0 aromatic carbocycles. The fraction of sp³-hybridized carbons (Fsp3) is 0.529. The number of rotatable bonds is 7. The van der Waals surface area contributed by atoms with Crippen molar-refractivity contribution in [2.45, 2.75) is 50.9 Å². The van der Waals surface area contributed by atoms with E-state index in [4.69, 9.17) is 0 Å². The van der Waals surface area contributed by atoms with Crippen molar-refractivity contribution in [1.29, 1.82) is 0 Å². The lowest BCUT2D eigenvalue weighted by molar-refractivity contribution is -0.119. The molecule has 6 nitrogen and oxygen atoms in total. The van der Waals surface area contributed by atoms with Crippen LogP contribution in [0.4, 0.5) is 0 Å². The van der Waals surface area contributed by atoms with Crippen LogP contribution in [0.25, 0.3) is 11.4 Å². The number of hydrogen-bond donors (Lipinski definition) is 1. The summed E-state index contributed by atoms with van der Waals surface area (Å²) < 4.78 is 2.15. The molecular formula is C17H23N5OS. The van der Waals surface area contributed by atoms with Gasteiger partial charge in [-0.25, -0.2) is 0 Å². The molecule has 3 rings (SSSR count). The van der Waals surface area contributed by atoms with E-state index in [1.807, 2.05) is 19.1 Å². The van der Waals surface area contributed by atoms with Gasteiger partial charge in [0.1, 0.15) is 0 Å².